The van der Waals surface area contributed by atoms with Gasteiger partial charge in [-0.3, -0.25) is 10.1 Å². The predicted octanol–water partition coefficient (Wildman–Crippen LogP) is 2.16. The summed E-state index contributed by atoms with van der Waals surface area (Å²) in [6, 6.07) is 0. The van der Waals surface area contributed by atoms with Gasteiger partial charge in [0, 0.05) is 19.6 Å². The van der Waals surface area contributed by atoms with Crippen LogP contribution in [0.15, 0.2) is 6.20 Å². The Balaban J connectivity index is 1.88. The van der Waals surface area contributed by atoms with E-state index in [9.17, 15) is 10.1 Å². The molecule has 1 saturated carbocycles. The lowest BCUT2D eigenvalue weighted by molar-refractivity contribution is -0.380. The molecule has 0 atom stereocenters. The van der Waals surface area contributed by atoms with Crippen LogP contribution in [0.5, 0.6) is 0 Å². The standard InChI is InChI=1S/C12H18N4O2S/c17-16(18)10-8-14-11(19-10)15-7-6-13-9-12(15)4-2-1-3-5-12/h8,13H,1-7,9H2. The number of aromatic nitrogens is 1. The molecule has 1 spiro atoms. The molecule has 0 amide bonds. The number of thiazole rings is 1. The van der Waals surface area contributed by atoms with Gasteiger partial charge in [0.1, 0.15) is 6.20 Å². The zero-order valence-electron chi connectivity index (χ0n) is 10.8. The average Bonchev–Trinajstić information content (AvgIpc) is 2.90. The summed E-state index contributed by atoms with van der Waals surface area (Å²) in [5, 5.41) is 15.2. The summed E-state index contributed by atoms with van der Waals surface area (Å²) in [5.41, 5.74) is 0.127. The van der Waals surface area contributed by atoms with Crippen molar-refractivity contribution in [1.82, 2.24) is 10.3 Å². The highest BCUT2D eigenvalue weighted by molar-refractivity contribution is 7.18. The SMILES string of the molecule is O=[N+]([O-])c1cnc(N2CCNCC23CCCCC3)s1. The molecule has 104 valence electrons. The van der Waals surface area contributed by atoms with Crippen LogP contribution in [0.1, 0.15) is 32.1 Å². The summed E-state index contributed by atoms with van der Waals surface area (Å²) in [6.07, 6.45) is 7.49. The van der Waals surface area contributed by atoms with Gasteiger partial charge in [-0.15, -0.1) is 0 Å². The molecule has 19 heavy (non-hydrogen) atoms. The fraction of sp³-hybridized carbons (Fsp3) is 0.750. The summed E-state index contributed by atoms with van der Waals surface area (Å²) in [6.45, 7) is 2.79. The number of piperazine rings is 1. The molecule has 6 nitrogen and oxygen atoms in total. The fourth-order valence-electron chi connectivity index (χ4n) is 3.27. The van der Waals surface area contributed by atoms with Crippen LogP contribution in [0.25, 0.3) is 0 Å². The van der Waals surface area contributed by atoms with Crippen molar-refractivity contribution in [3.8, 4) is 0 Å². The Morgan fingerprint density at radius 1 is 1.42 bits per heavy atom. The Bertz CT molecular complexity index is 462. The van der Waals surface area contributed by atoms with E-state index < -0.39 is 0 Å². The Morgan fingerprint density at radius 2 is 2.21 bits per heavy atom. The van der Waals surface area contributed by atoms with Crippen molar-refractivity contribution in [2.45, 2.75) is 37.6 Å². The van der Waals surface area contributed by atoms with Gasteiger partial charge in [-0.05, 0) is 24.2 Å². The molecule has 0 aromatic carbocycles. The Kier molecular flexibility index (Phi) is 3.40. The normalized spacial score (nSPS) is 22.6. The van der Waals surface area contributed by atoms with E-state index in [1.54, 1.807) is 0 Å². The number of hydrogen-bond acceptors (Lipinski definition) is 6. The van der Waals surface area contributed by atoms with Crippen LogP contribution in [0.4, 0.5) is 10.1 Å². The predicted molar refractivity (Wildman–Crippen MR) is 74.8 cm³/mol. The molecule has 1 aliphatic carbocycles. The molecule has 3 rings (SSSR count). The second-order valence-electron chi connectivity index (χ2n) is 5.35. The van der Waals surface area contributed by atoms with Gasteiger partial charge in [0.05, 0.1) is 10.5 Å². The minimum absolute atomic E-state index is 0.127. The lowest BCUT2D eigenvalue weighted by atomic mass is 9.79. The van der Waals surface area contributed by atoms with Crippen molar-refractivity contribution >= 4 is 21.5 Å². The van der Waals surface area contributed by atoms with E-state index in [1.807, 2.05) is 0 Å². The van der Waals surface area contributed by atoms with Crippen molar-refractivity contribution in [2.24, 2.45) is 0 Å². The zero-order valence-corrected chi connectivity index (χ0v) is 11.6. The molecule has 7 heteroatoms. The van der Waals surface area contributed by atoms with Gasteiger partial charge in [0.25, 0.3) is 0 Å². The zero-order chi connectivity index (χ0) is 13.3. The van der Waals surface area contributed by atoms with E-state index in [4.69, 9.17) is 0 Å². The Morgan fingerprint density at radius 3 is 2.89 bits per heavy atom. The highest BCUT2D eigenvalue weighted by atomic mass is 32.1. The van der Waals surface area contributed by atoms with Gasteiger partial charge in [-0.1, -0.05) is 19.3 Å². The minimum atomic E-state index is -0.350. The third-order valence-electron chi connectivity index (χ3n) is 4.22. The lowest BCUT2D eigenvalue weighted by Crippen LogP contribution is -2.62. The van der Waals surface area contributed by atoms with Gasteiger partial charge >= 0.3 is 5.00 Å². The van der Waals surface area contributed by atoms with Crippen LogP contribution in [0.3, 0.4) is 0 Å². The van der Waals surface area contributed by atoms with Crippen LogP contribution in [-0.2, 0) is 0 Å². The first-order chi connectivity index (χ1) is 9.21. The molecular weight excluding hydrogens is 264 g/mol. The quantitative estimate of drug-likeness (QED) is 0.665. The van der Waals surface area contributed by atoms with E-state index in [1.165, 1.54) is 36.8 Å². The Labute approximate surface area is 116 Å². The molecule has 2 aliphatic rings. The number of rotatable bonds is 2. The average molecular weight is 282 g/mol. The first-order valence-electron chi connectivity index (χ1n) is 6.80. The van der Waals surface area contributed by atoms with Crippen molar-refractivity contribution in [1.29, 1.82) is 0 Å². The number of nitrogens with zero attached hydrogens (tertiary/aromatic N) is 3. The highest BCUT2D eigenvalue weighted by Gasteiger charge is 2.41. The smallest absolute Gasteiger partial charge is 0.340 e. The number of nitro groups is 1. The molecule has 1 saturated heterocycles. The molecule has 0 bridgehead atoms. The summed E-state index contributed by atoms with van der Waals surface area (Å²) < 4.78 is 0. The van der Waals surface area contributed by atoms with E-state index in [2.05, 4.69) is 15.2 Å². The van der Waals surface area contributed by atoms with E-state index >= 15 is 0 Å². The second-order valence-corrected chi connectivity index (χ2v) is 6.34. The van der Waals surface area contributed by atoms with Crippen molar-refractivity contribution < 1.29 is 4.92 Å². The van der Waals surface area contributed by atoms with Gasteiger partial charge in [-0.2, -0.15) is 0 Å². The second kappa shape index (κ2) is 5.05. The number of hydrogen-bond donors (Lipinski definition) is 1. The summed E-state index contributed by atoms with van der Waals surface area (Å²) in [7, 11) is 0. The fourth-order valence-corrected chi connectivity index (χ4v) is 4.13. The van der Waals surface area contributed by atoms with Gasteiger partial charge in [0.2, 0.25) is 0 Å². The monoisotopic (exact) mass is 282 g/mol. The van der Waals surface area contributed by atoms with Gasteiger partial charge in [0.15, 0.2) is 5.13 Å². The molecule has 0 radical (unpaired) electrons. The van der Waals surface area contributed by atoms with Gasteiger partial charge in [-0.25, -0.2) is 4.98 Å². The number of nitrogens with one attached hydrogen (secondary N) is 1. The van der Waals surface area contributed by atoms with Crippen LogP contribution in [0.2, 0.25) is 0 Å². The third-order valence-corrected chi connectivity index (χ3v) is 5.19. The highest BCUT2D eigenvalue weighted by Crippen LogP contribution is 2.40. The summed E-state index contributed by atoms with van der Waals surface area (Å²) in [5.74, 6) is 0. The first kappa shape index (κ1) is 12.8. The van der Waals surface area contributed by atoms with Gasteiger partial charge < -0.3 is 10.2 Å². The summed E-state index contributed by atoms with van der Waals surface area (Å²) >= 11 is 1.20. The molecule has 1 N–H and O–H groups in total. The lowest BCUT2D eigenvalue weighted by Gasteiger charge is -2.49. The molecule has 1 aliphatic heterocycles. The van der Waals surface area contributed by atoms with Crippen LogP contribution >= 0.6 is 11.3 Å². The molecular formula is C12H18N4O2S. The maximum absolute atomic E-state index is 10.8. The molecule has 1 aromatic heterocycles. The molecule has 2 fully saturated rings. The van der Waals surface area contributed by atoms with E-state index in [0.29, 0.717) is 0 Å². The molecule has 2 heterocycles. The first-order valence-corrected chi connectivity index (χ1v) is 7.62. The van der Waals surface area contributed by atoms with Crippen LogP contribution < -0.4 is 10.2 Å². The maximum atomic E-state index is 10.8. The Hall–Kier alpha value is -1.21. The van der Waals surface area contributed by atoms with Crippen LogP contribution in [-0.4, -0.2) is 35.1 Å². The van der Waals surface area contributed by atoms with Crippen molar-refractivity contribution in [3.05, 3.63) is 16.3 Å². The number of anilines is 1. The van der Waals surface area contributed by atoms with E-state index in [-0.39, 0.29) is 15.5 Å². The van der Waals surface area contributed by atoms with Crippen molar-refractivity contribution in [2.75, 3.05) is 24.5 Å². The molecule has 0 unspecified atom stereocenters. The largest absolute Gasteiger partial charge is 0.345 e. The summed E-state index contributed by atoms with van der Waals surface area (Å²) in [4.78, 5) is 17.1. The van der Waals surface area contributed by atoms with E-state index in [0.717, 1.165) is 37.6 Å². The maximum Gasteiger partial charge on any atom is 0.345 e. The van der Waals surface area contributed by atoms with Crippen molar-refractivity contribution in [3.63, 3.8) is 0 Å². The van der Waals surface area contributed by atoms with Crippen LogP contribution in [0, 0.1) is 10.1 Å². The molecule has 1 aromatic rings. The minimum Gasteiger partial charge on any atom is -0.340 e. The topological polar surface area (TPSA) is 71.3 Å². The third kappa shape index (κ3) is 2.32.